The van der Waals surface area contributed by atoms with E-state index in [2.05, 4.69) is 27.7 Å². The monoisotopic (exact) mass is 370 g/mol. The predicted molar refractivity (Wildman–Crippen MR) is 107 cm³/mol. The van der Waals surface area contributed by atoms with E-state index in [0.717, 1.165) is 38.5 Å². The fourth-order valence-electron chi connectivity index (χ4n) is 3.67. The summed E-state index contributed by atoms with van der Waals surface area (Å²) in [5.41, 5.74) is -0.0958. The fourth-order valence-corrected chi connectivity index (χ4v) is 3.67. The molecule has 4 heteroatoms. The molecule has 0 spiro atoms. The largest absolute Gasteiger partial charge is 0.481 e. The Morgan fingerprint density at radius 3 is 1.12 bits per heavy atom. The van der Waals surface area contributed by atoms with E-state index in [1.54, 1.807) is 0 Å². The van der Waals surface area contributed by atoms with Crippen molar-refractivity contribution in [2.24, 2.45) is 10.8 Å². The number of aliphatic carboxylic acids is 2. The van der Waals surface area contributed by atoms with Crippen LogP contribution in [0.2, 0.25) is 0 Å². The quantitative estimate of drug-likeness (QED) is 0.280. The van der Waals surface area contributed by atoms with Crippen molar-refractivity contribution in [3.05, 3.63) is 0 Å². The number of carbonyl (C=O) groups is 2. The van der Waals surface area contributed by atoms with E-state index in [0.29, 0.717) is 0 Å². The first-order valence-electron chi connectivity index (χ1n) is 10.6. The first-order valence-corrected chi connectivity index (χ1v) is 10.6. The zero-order chi connectivity index (χ0) is 20.1. The van der Waals surface area contributed by atoms with Crippen molar-refractivity contribution in [3.63, 3.8) is 0 Å². The van der Waals surface area contributed by atoms with Crippen LogP contribution in [-0.4, -0.2) is 22.2 Å². The molecule has 0 fully saturated rings. The average molecular weight is 371 g/mol. The lowest BCUT2D eigenvalue weighted by Gasteiger charge is -2.26. The maximum Gasteiger partial charge on any atom is 0.303 e. The minimum Gasteiger partial charge on any atom is -0.481 e. The number of unbranched alkanes of at least 4 members (excludes halogenated alkanes) is 7. The van der Waals surface area contributed by atoms with Crippen LogP contribution in [0.1, 0.15) is 118 Å². The van der Waals surface area contributed by atoms with Gasteiger partial charge in [-0.15, -0.1) is 0 Å². The minimum atomic E-state index is -0.683. The van der Waals surface area contributed by atoms with Crippen molar-refractivity contribution in [1.82, 2.24) is 0 Å². The third-order valence-electron chi connectivity index (χ3n) is 6.17. The maximum atomic E-state index is 10.9. The summed E-state index contributed by atoms with van der Waals surface area (Å²) in [5.74, 6) is -1.37. The Labute approximate surface area is 160 Å². The molecule has 0 bridgehead atoms. The van der Waals surface area contributed by atoms with E-state index in [1.165, 1.54) is 38.5 Å². The molecule has 0 aliphatic carbocycles. The Hall–Kier alpha value is -1.06. The van der Waals surface area contributed by atoms with Gasteiger partial charge >= 0.3 is 11.9 Å². The summed E-state index contributed by atoms with van der Waals surface area (Å²) in [6.45, 7) is 8.36. The summed E-state index contributed by atoms with van der Waals surface area (Å²) in [6.07, 6.45) is 14.1. The number of carboxylic acids is 2. The van der Waals surface area contributed by atoms with E-state index in [-0.39, 0.29) is 23.7 Å². The zero-order valence-corrected chi connectivity index (χ0v) is 17.6. The predicted octanol–water partition coefficient (Wildman–Crippen LogP) is 6.67. The Morgan fingerprint density at radius 1 is 0.615 bits per heavy atom. The van der Waals surface area contributed by atoms with E-state index < -0.39 is 11.9 Å². The van der Waals surface area contributed by atoms with Crippen molar-refractivity contribution in [2.75, 3.05) is 0 Å². The van der Waals surface area contributed by atoms with Crippen LogP contribution in [-0.2, 0) is 9.59 Å². The summed E-state index contributed by atoms with van der Waals surface area (Å²) in [5, 5.41) is 18.0. The van der Waals surface area contributed by atoms with Crippen LogP contribution >= 0.6 is 0 Å². The maximum absolute atomic E-state index is 10.9. The summed E-state index contributed by atoms with van der Waals surface area (Å²) in [6, 6.07) is 0. The summed E-state index contributed by atoms with van der Waals surface area (Å²) in [4.78, 5) is 21.9. The molecule has 0 radical (unpaired) electrons. The molecule has 0 aliphatic rings. The number of hydrogen-bond donors (Lipinski definition) is 2. The van der Waals surface area contributed by atoms with Crippen LogP contribution < -0.4 is 0 Å². The Morgan fingerprint density at radius 2 is 0.885 bits per heavy atom. The molecule has 2 atom stereocenters. The molecule has 26 heavy (non-hydrogen) atoms. The van der Waals surface area contributed by atoms with E-state index >= 15 is 0 Å². The van der Waals surface area contributed by atoms with Crippen LogP contribution in [0.3, 0.4) is 0 Å². The van der Waals surface area contributed by atoms with Crippen molar-refractivity contribution < 1.29 is 19.8 Å². The molecule has 0 saturated carbocycles. The van der Waals surface area contributed by atoms with Gasteiger partial charge in [0.1, 0.15) is 0 Å². The molecule has 154 valence electrons. The second-order valence-electron chi connectivity index (χ2n) is 8.80. The third kappa shape index (κ3) is 12.3. The summed E-state index contributed by atoms with van der Waals surface area (Å²) < 4.78 is 0. The summed E-state index contributed by atoms with van der Waals surface area (Å²) >= 11 is 0. The molecule has 0 aromatic rings. The van der Waals surface area contributed by atoms with Gasteiger partial charge in [0.05, 0.1) is 12.8 Å². The van der Waals surface area contributed by atoms with Gasteiger partial charge in [-0.1, -0.05) is 91.9 Å². The number of hydrogen-bond acceptors (Lipinski definition) is 2. The topological polar surface area (TPSA) is 74.6 Å². The number of carboxylic acid groups (broad SMARTS) is 2. The second-order valence-corrected chi connectivity index (χ2v) is 8.80. The van der Waals surface area contributed by atoms with Gasteiger partial charge in [0.25, 0.3) is 0 Å². The van der Waals surface area contributed by atoms with Crippen molar-refractivity contribution in [2.45, 2.75) is 118 Å². The van der Waals surface area contributed by atoms with Crippen molar-refractivity contribution >= 4 is 11.9 Å². The van der Waals surface area contributed by atoms with E-state index in [4.69, 9.17) is 10.2 Å². The molecule has 0 rings (SSSR count). The van der Waals surface area contributed by atoms with Gasteiger partial charge in [0, 0.05) is 0 Å². The van der Waals surface area contributed by atoms with Crippen LogP contribution in [0.15, 0.2) is 0 Å². The zero-order valence-electron chi connectivity index (χ0n) is 17.6. The second kappa shape index (κ2) is 13.2. The molecule has 0 aliphatic heterocycles. The van der Waals surface area contributed by atoms with Gasteiger partial charge in [-0.2, -0.15) is 0 Å². The first kappa shape index (κ1) is 24.9. The van der Waals surface area contributed by atoms with Gasteiger partial charge in [-0.05, 0) is 23.7 Å². The molecule has 0 heterocycles. The van der Waals surface area contributed by atoms with Crippen LogP contribution in [0.4, 0.5) is 0 Å². The highest BCUT2D eigenvalue weighted by Crippen LogP contribution is 2.33. The van der Waals surface area contributed by atoms with E-state index in [1.807, 2.05) is 0 Å². The lowest BCUT2D eigenvalue weighted by molar-refractivity contribution is -0.140. The van der Waals surface area contributed by atoms with E-state index in [9.17, 15) is 9.59 Å². The Bertz CT molecular complexity index is 369. The molecule has 0 amide bonds. The van der Waals surface area contributed by atoms with Gasteiger partial charge in [-0.25, -0.2) is 0 Å². The van der Waals surface area contributed by atoms with Crippen molar-refractivity contribution in [1.29, 1.82) is 0 Å². The molecule has 0 aromatic heterocycles. The standard InChI is InChI=1S/C22H42O4/c1-5-21(3,17-19(23)24)15-13-11-9-7-8-10-12-14-16-22(4,6-2)18-20(25)26/h5-18H2,1-4H3,(H,23,24)(H,25,26). The highest BCUT2D eigenvalue weighted by molar-refractivity contribution is 5.67. The highest BCUT2D eigenvalue weighted by atomic mass is 16.4. The Kier molecular flexibility index (Phi) is 12.6. The highest BCUT2D eigenvalue weighted by Gasteiger charge is 2.25. The lowest BCUT2D eigenvalue weighted by atomic mass is 9.79. The molecule has 0 aromatic carbocycles. The molecular weight excluding hydrogens is 328 g/mol. The number of rotatable bonds is 17. The smallest absolute Gasteiger partial charge is 0.303 e. The molecular formula is C22H42O4. The van der Waals surface area contributed by atoms with Gasteiger partial charge in [0.15, 0.2) is 0 Å². The van der Waals surface area contributed by atoms with Gasteiger partial charge in [-0.3, -0.25) is 9.59 Å². The molecule has 2 N–H and O–H groups in total. The van der Waals surface area contributed by atoms with Crippen LogP contribution in [0, 0.1) is 10.8 Å². The van der Waals surface area contributed by atoms with Crippen LogP contribution in [0.25, 0.3) is 0 Å². The molecule has 4 nitrogen and oxygen atoms in total. The lowest BCUT2D eigenvalue weighted by Crippen LogP contribution is -2.19. The van der Waals surface area contributed by atoms with Crippen molar-refractivity contribution in [3.8, 4) is 0 Å². The first-order chi connectivity index (χ1) is 12.2. The van der Waals surface area contributed by atoms with Gasteiger partial charge < -0.3 is 10.2 Å². The van der Waals surface area contributed by atoms with Crippen LogP contribution in [0.5, 0.6) is 0 Å². The van der Waals surface area contributed by atoms with Gasteiger partial charge in [0.2, 0.25) is 0 Å². The third-order valence-corrected chi connectivity index (χ3v) is 6.17. The SMILES string of the molecule is CCC(C)(CCCCCCCCCCC(C)(CC)CC(=O)O)CC(=O)O. The summed E-state index contributed by atoms with van der Waals surface area (Å²) in [7, 11) is 0. The minimum absolute atomic E-state index is 0.0479. The molecule has 0 saturated heterocycles. The fraction of sp³-hybridized carbons (Fsp3) is 0.909. The normalized spacial score (nSPS) is 16.0. The molecule has 2 unspecified atom stereocenters. The average Bonchev–Trinajstić information content (AvgIpc) is 2.55. The Balaban J connectivity index is 3.68.